The highest BCUT2D eigenvalue weighted by molar-refractivity contribution is 9.10. The Bertz CT molecular complexity index is 591. The number of pyridine rings is 1. The number of amides is 1. The minimum atomic E-state index is -0.627. The predicted molar refractivity (Wildman–Crippen MR) is 71.1 cm³/mol. The minimum absolute atomic E-state index is 0.0287. The Hall–Kier alpha value is -2.03. The van der Waals surface area contributed by atoms with Gasteiger partial charge in [0.25, 0.3) is 0 Å². The zero-order valence-electron chi connectivity index (χ0n) is 10.4. The zero-order valence-corrected chi connectivity index (χ0v) is 12.0. The second-order valence-electron chi connectivity index (χ2n) is 4.18. The fourth-order valence-electron chi connectivity index (χ4n) is 2.00. The molecule has 1 unspecified atom stereocenters. The number of carbonyl (C=O) groups excluding carboxylic acids is 2. The lowest BCUT2D eigenvalue weighted by atomic mass is 10.1. The van der Waals surface area contributed by atoms with Crippen LogP contribution in [-0.4, -0.2) is 35.4 Å². The van der Waals surface area contributed by atoms with Gasteiger partial charge in [0.05, 0.1) is 18.0 Å². The Kier molecular flexibility index (Phi) is 3.98. The van der Waals surface area contributed by atoms with E-state index in [9.17, 15) is 19.7 Å². The highest BCUT2D eigenvalue weighted by atomic mass is 79.9. The van der Waals surface area contributed by atoms with Crippen molar-refractivity contribution in [3.63, 3.8) is 0 Å². The van der Waals surface area contributed by atoms with Crippen LogP contribution in [0.3, 0.4) is 0 Å². The highest BCUT2D eigenvalue weighted by Gasteiger charge is 2.39. The number of nitro groups is 1. The van der Waals surface area contributed by atoms with Gasteiger partial charge in [-0.15, -0.1) is 0 Å². The van der Waals surface area contributed by atoms with Gasteiger partial charge < -0.3 is 4.74 Å². The van der Waals surface area contributed by atoms with E-state index in [0.29, 0.717) is 4.47 Å². The standard InChI is InChI=1S/C11H10BrN3O5/c1-20-11(17)6-2-9(16)14(5-6)10-8(15(18)19)3-7(12)4-13-10/h3-4,6H,2,5H2,1H3. The molecule has 0 radical (unpaired) electrons. The van der Waals surface area contributed by atoms with Crippen molar-refractivity contribution in [2.24, 2.45) is 5.92 Å². The summed E-state index contributed by atoms with van der Waals surface area (Å²) in [6.45, 7) is 0.0287. The van der Waals surface area contributed by atoms with E-state index in [1.165, 1.54) is 19.4 Å². The molecule has 0 aliphatic carbocycles. The lowest BCUT2D eigenvalue weighted by molar-refractivity contribution is -0.384. The first-order chi connectivity index (χ1) is 9.43. The largest absolute Gasteiger partial charge is 0.469 e. The Balaban J connectivity index is 2.35. The maximum absolute atomic E-state index is 11.9. The monoisotopic (exact) mass is 343 g/mol. The molecule has 1 aromatic heterocycles. The number of esters is 1. The first kappa shape index (κ1) is 14.4. The van der Waals surface area contributed by atoms with Crippen LogP contribution in [0, 0.1) is 16.0 Å². The number of nitrogens with zero attached hydrogens (tertiary/aromatic N) is 3. The van der Waals surface area contributed by atoms with Gasteiger partial charge in [-0.05, 0) is 15.9 Å². The lowest BCUT2D eigenvalue weighted by Crippen LogP contribution is -2.27. The van der Waals surface area contributed by atoms with Crippen LogP contribution in [0.15, 0.2) is 16.7 Å². The third-order valence-corrected chi connectivity index (χ3v) is 3.36. The van der Waals surface area contributed by atoms with Crippen molar-refractivity contribution >= 4 is 39.3 Å². The van der Waals surface area contributed by atoms with E-state index in [-0.39, 0.29) is 24.5 Å². The van der Waals surface area contributed by atoms with Gasteiger partial charge in [-0.25, -0.2) is 4.98 Å². The first-order valence-electron chi connectivity index (χ1n) is 5.62. The van der Waals surface area contributed by atoms with Gasteiger partial charge in [0.15, 0.2) is 0 Å². The third kappa shape index (κ3) is 2.62. The molecule has 1 fully saturated rings. The van der Waals surface area contributed by atoms with Gasteiger partial charge in [-0.1, -0.05) is 0 Å². The summed E-state index contributed by atoms with van der Waals surface area (Å²) in [7, 11) is 1.23. The van der Waals surface area contributed by atoms with Crippen molar-refractivity contribution in [2.75, 3.05) is 18.6 Å². The van der Waals surface area contributed by atoms with Gasteiger partial charge in [0, 0.05) is 29.7 Å². The summed E-state index contributed by atoms with van der Waals surface area (Å²) in [4.78, 5) is 38.8. The Morgan fingerprint density at radius 1 is 1.65 bits per heavy atom. The van der Waals surface area contributed by atoms with Gasteiger partial charge in [0.1, 0.15) is 0 Å². The number of hydrogen-bond donors (Lipinski definition) is 0. The quantitative estimate of drug-likeness (QED) is 0.465. The van der Waals surface area contributed by atoms with Gasteiger partial charge >= 0.3 is 11.7 Å². The normalized spacial score (nSPS) is 18.2. The SMILES string of the molecule is COC(=O)C1CC(=O)N(c2ncc(Br)cc2[N+](=O)[O-])C1. The summed E-state index contributed by atoms with van der Waals surface area (Å²) in [5, 5.41) is 11.0. The molecule has 1 atom stereocenters. The molecular formula is C11H10BrN3O5. The van der Waals surface area contributed by atoms with Crippen LogP contribution in [0.25, 0.3) is 0 Å². The molecule has 2 rings (SSSR count). The number of aromatic nitrogens is 1. The van der Waals surface area contributed by atoms with Crippen molar-refractivity contribution in [3.05, 3.63) is 26.9 Å². The summed E-state index contributed by atoms with van der Waals surface area (Å²) in [6, 6.07) is 1.26. The van der Waals surface area contributed by atoms with Gasteiger partial charge in [-0.3, -0.25) is 24.6 Å². The second kappa shape index (κ2) is 5.53. The van der Waals surface area contributed by atoms with Crippen LogP contribution < -0.4 is 4.90 Å². The first-order valence-corrected chi connectivity index (χ1v) is 6.41. The minimum Gasteiger partial charge on any atom is -0.469 e. The molecular weight excluding hydrogens is 334 g/mol. The highest BCUT2D eigenvalue weighted by Crippen LogP contribution is 2.32. The summed E-state index contributed by atoms with van der Waals surface area (Å²) in [5.41, 5.74) is -0.293. The van der Waals surface area contributed by atoms with Crippen LogP contribution in [0.4, 0.5) is 11.5 Å². The number of anilines is 1. The van der Waals surface area contributed by atoms with Crippen molar-refractivity contribution in [1.82, 2.24) is 4.98 Å². The van der Waals surface area contributed by atoms with E-state index in [4.69, 9.17) is 0 Å². The average Bonchev–Trinajstić information content (AvgIpc) is 2.79. The fraction of sp³-hybridized carbons (Fsp3) is 0.364. The molecule has 106 valence electrons. The molecule has 0 aromatic carbocycles. The third-order valence-electron chi connectivity index (χ3n) is 2.93. The van der Waals surface area contributed by atoms with E-state index in [2.05, 4.69) is 25.7 Å². The number of carbonyl (C=O) groups is 2. The average molecular weight is 344 g/mol. The molecule has 1 aromatic rings. The zero-order chi connectivity index (χ0) is 14.9. The van der Waals surface area contributed by atoms with Crippen molar-refractivity contribution in [1.29, 1.82) is 0 Å². The molecule has 2 heterocycles. The smallest absolute Gasteiger partial charge is 0.313 e. The van der Waals surface area contributed by atoms with Gasteiger partial charge in [0.2, 0.25) is 11.7 Å². The van der Waals surface area contributed by atoms with E-state index < -0.39 is 22.7 Å². The molecule has 1 aliphatic rings. The Morgan fingerprint density at radius 3 is 2.95 bits per heavy atom. The molecule has 0 spiro atoms. The van der Waals surface area contributed by atoms with E-state index in [1.54, 1.807) is 0 Å². The molecule has 1 saturated heterocycles. The number of halogens is 1. The van der Waals surface area contributed by atoms with Crippen LogP contribution in [0.1, 0.15) is 6.42 Å². The molecule has 9 heteroatoms. The van der Waals surface area contributed by atoms with E-state index in [0.717, 1.165) is 4.90 Å². The maximum atomic E-state index is 11.9. The number of hydrogen-bond acceptors (Lipinski definition) is 6. The molecule has 8 nitrogen and oxygen atoms in total. The summed E-state index contributed by atoms with van der Waals surface area (Å²) < 4.78 is 5.02. The molecule has 1 amide bonds. The van der Waals surface area contributed by atoms with Crippen molar-refractivity contribution in [2.45, 2.75) is 6.42 Å². The Morgan fingerprint density at radius 2 is 2.35 bits per heavy atom. The number of ether oxygens (including phenoxy) is 1. The molecule has 20 heavy (non-hydrogen) atoms. The topological polar surface area (TPSA) is 103 Å². The summed E-state index contributed by atoms with van der Waals surface area (Å²) in [5.74, 6) is -1.59. The summed E-state index contributed by atoms with van der Waals surface area (Å²) >= 11 is 3.09. The second-order valence-corrected chi connectivity index (χ2v) is 5.10. The maximum Gasteiger partial charge on any atom is 0.313 e. The van der Waals surface area contributed by atoms with Gasteiger partial charge in [-0.2, -0.15) is 0 Å². The fourth-order valence-corrected chi connectivity index (χ4v) is 2.32. The van der Waals surface area contributed by atoms with Crippen LogP contribution >= 0.6 is 15.9 Å². The number of methoxy groups -OCH3 is 1. The van der Waals surface area contributed by atoms with Crippen molar-refractivity contribution < 1.29 is 19.2 Å². The molecule has 0 bridgehead atoms. The van der Waals surface area contributed by atoms with Crippen LogP contribution in [0.5, 0.6) is 0 Å². The lowest BCUT2D eigenvalue weighted by Gasteiger charge is -2.15. The van der Waals surface area contributed by atoms with E-state index >= 15 is 0 Å². The molecule has 0 saturated carbocycles. The Labute approximate surface area is 122 Å². The predicted octanol–water partition coefficient (Wildman–Crippen LogP) is 1.28. The van der Waals surface area contributed by atoms with E-state index in [1.807, 2.05) is 0 Å². The van der Waals surface area contributed by atoms with Crippen LogP contribution in [0.2, 0.25) is 0 Å². The molecule has 0 N–H and O–H groups in total. The molecule has 1 aliphatic heterocycles. The van der Waals surface area contributed by atoms with Crippen LogP contribution in [-0.2, 0) is 14.3 Å². The van der Waals surface area contributed by atoms with Crippen molar-refractivity contribution in [3.8, 4) is 0 Å². The number of rotatable bonds is 3. The summed E-state index contributed by atoms with van der Waals surface area (Å²) in [6.07, 6.45) is 1.32.